The molecule has 0 saturated carbocycles. The fourth-order valence-electron chi connectivity index (χ4n) is 1.46. The highest BCUT2D eigenvalue weighted by Gasteiger charge is 2.06. The first-order valence-electron chi connectivity index (χ1n) is 4.60. The Bertz CT molecular complexity index is 575. The van der Waals surface area contributed by atoms with E-state index in [9.17, 15) is 0 Å². The van der Waals surface area contributed by atoms with Crippen LogP contribution in [0.15, 0.2) is 39.3 Å². The molecule has 80 valence electrons. The third kappa shape index (κ3) is 2.21. The topological polar surface area (TPSA) is 33.0 Å². The summed E-state index contributed by atoms with van der Waals surface area (Å²) in [4.78, 5) is 0. The Kier molecular flexibility index (Phi) is 3.47. The number of ether oxygens (including phenoxy) is 1. The van der Waals surface area contributed by atoms with Crippen LogP contribution in [0.1, 0.15) is 0 Å². The predicted octanol–water partition coefficient (Wildman–Crippen LogP) is 4.27. The van der Waals surface area contributed by atoms with Gasteiger partial charge in [-0.25, -0.2) is 0 Å². The normalized spacial score (nSPS) is 10.1. The summed E-state index contributed by atoms with van der Waals surface area (Å²) in [6.07, 6.45) is 0. The van der Waals surface area contributed by atoms with Gasteiger partial charge in [0.15, 0.2) is 6.61 Å². The molecule has 0 fully saturated rings. The van der Waals surface area contributed by atoms with Crippen LogP contribution in [0.4, 0.5) is 0 Å². The van der Waals surface area contributed by atoms with Crippen LogP contribution in [0.25, 0.3) is 10.8 Å². The first kappa shape index (κ1) is 11.4. The summed E-state index contributed by atoms with van der Waals surface area (Å²) in [5.41, 5.74) is 0. The number of halogens is 2. The standard InChI is InChI=1S/C12H7Br2NO/c13-9-2-3-10-8(7-9)1-4-11(12(10)14)16-6-5-15/h1-4,7H,6H2. The molecule has 2 aromatic carbocycles. The van der Waals surface area contributed by atoms with Gasteiger partial charge in [0.1, 0.15) is 11.8 Å². The van der Waals surface area contributed by atoms with Crippen LogP contribution in [-0.2, 0) is 0 Å². The van der Waals surface area contributed by atoms with Gasteiger partial charge in [-0.3, -0.25) is 0 Å². The number of hydrogen-bond acceptors (Lipinski definition) is 2. The molecule has 2 rings (SSSR count). The van der Waals surface area contributed by atoms with Gasteiger partial charge in [-0.1, -0.05) is 28.1 Å². The SMILES string of the molecule is N#CCOc1ccc2cc(Br)ccc2c1Br. The van der Waals surface area contributed by atoms with Crippen molar-refractivity contribution in [3.8, 4) is 11.8 Å². The molecule has 16 heavy (non-hydrogen) atoms. The summed E-state index contributed by atoms with van der Waals surface area (Å²) in [6.45, 7) is 0.0562. The zero-order valence-corrected chi connectivity index (χ0v) is 11.4. The molecule has 0 aliphatic carbocycles. The lowest BCUT2D eigenvalue weighted by Crippen LogP contribution is -1.94. The van der Waals surface area contributed by atoms with Gasteiger partial charge in [-0.05, 0) is 44.9 Å². The van der Waals surface area contributed by atoms with Gasteiger partial charge in [-0.2, -0.15) is 5.26 Å². The van der Waals surface area contributed by atoms with Crippen molar-refractivity contribution in [1.82, 2.24) is 0 Å². The minimum absolute atomic E-state index is 0.0562. The van der Waals surface area contributed by atoms with Gasteiger partial charge >= 0.3 is 0 Å². The molecule has 0 bridgehead atoms. The minimum atomic E-state index is 0.0562. The summed E-state index contributed by atoms with van der Waals surface area (Å²) < 4.78 is 7.23. The van der Waals surface area contributed by atoms with Gasteiger partial charge in [0.2, 0.25) is 0 Å². The maximum atomic E-state index is 8.47. The maximum absolute atomic E-state index is 8.47. The van der Waals surface area contributed by atoms with Crippen molar-refractivity contribution >= 4 is 42.6 Å². The summed E-state index contributed by atoms with van der Waals surface area (Å²) in [5.74, 6) is 0.691. The number of nitriles is 1. The number of rotatable bonds is 2. The van der Waals surface area contributed by atoms with Crippen LogP contribution >= 0.6 is 31.9 Å². The smallest absolute Gasteiger partial charge is 0.174 e. The van der Waals surface area contributed by atoms with E-state index in [2.05, 4.69) is 31.9 Å². The van der Waals surface area contributed by atoms with Crippen molar-refractivity contribution < 1.29 is 4.74 Å². The molecule has 0 atom stereocenters. The van der Waals surface area contributed by atoms with Gasteiger partial charge in [0.25, 0.3) is 0 Å². The molecule has 0 aliphatic heterocycles. The van der Waals surface area contributed by atoms with E-state index in [1.54, 1.807) is 0 Å². The molecule has 0 N–H and O–H groups in total. The Hall–Kier alpha value is -1.05. The van der Waals surface area contributed by atoms with Crippen LogP contribution < -0.4 is 4.74 Å². The average Bonchev–Trinajstić information content (AvgIpc) is 2.28. The second-order valence-electron chi connectivity index (χ2n) is 3.19. The molecular formula is C12H7Br2NO. The summed E-state index contributed by atoms with van der Waals surface area (Å²) in [6, 6.07) is 11.8. The fraction of sp³-hybridized carbons (Fsp3) is 0.0833. The second-order valence-corrected chi connectivity index (χ2v) is 4.90. The molecule has 0 amide bonds. The van der Waals surface area contributed by atoms with Gasteiger partial charge in [0, 0.05) is 4.47 Å². The number of nitrogens with zero attached hydrogens (tertiary/aromatic N) is 1. The fourth-order valence-corrected chi connectivity index (χ4v) is 2.45. The van der Waals surface area contributed by atoms with Crippen molar-refractivity contribution in [3.63, 3.8) is 0 Å². The van der Waals surface area contributed by atoms with Crippen LogP contribution in [0.2, 0.25) is 0 Å². The summed E-state index contributed by atoms with van der Waals surface area (Å²) in [5, 5.41) is 10.7. The highest BCUT2D eigenvalue weighted by molar-refractivity contribution is 9.11. The molecule has 0 aromatic heterocycles. The van der Waals surface area contributed by atoms with E-state index in [-0.39, 0.29) is 6.61 Å². The van der Waals surface area contributed by atoms with E-state index in [1.807, 2.05) is 36.4 Å². The third-order valence-corrected chi connectivity index (χ3v) is 3.48. The summed E-state index contributed by atoms with van der Waals surface area (Å²) >= 11 is 6.91. The molecule has 2 nitrogen and oxygen atoms in total. The van der Waals surface area contributed by atoms with Crippen molar-refractivity contribution in [2.24, 2.45) is 0 Å². The maximum Gasteiger partial charge on any atom is 0.174 e. The molecule has 0 unspecified atom stereocenters. The van der Waals surface area contributed by atoms with Crippen LogP contribution in [0.5, 0.6) is 5.75 Å². The van der Waals surface area contributed by atoms with E-state index in [1.165, 1.54) is 0 Å². The Morgan fingerprint density at radius 3 is 2.75 bits per heavy atom. The van der Waals surface area contributed by atoms with E-state index in [4.69, 9.17) is 10.00 Å². The lowest BCUT2D eigenvalue weighted by Gasteiger charge is -2.07. The first-order chi connectivity index (χ1) is 7.72. The van der Waals surface area contributed by atoms with Crippen molar-refractivity contribution in [1.29, 1.82) is 5.26 Å². The van der Waals surface area contributed by atoms with E-state index in [0.29, 0.717) is 5.75 Å². The molecular weight excluding hydrogens is 334 g/mol. The zero-order valence-electron chi connectivity index (χ0n) is 8.21. The summed E-state index contributed by atoms with van der Waals surface area (Å²) in [7, 11) is 0. The Morgan fingerprint density at radius 1 is 1.19 bits per heavy atom. The van der Waals surface area contributed by atoms with Crippen LogP contribution in [0.3, 0.4) is 0 Å². The molecule has 0 aliphatic rings. The Labute approximate surface area is 110 Å². The molecule has 0 radical (unpaired) electrons. The quantitative estimate of drug-likeness (QED) is 0.818. The van der Waals surface area contributed by atoms with Crippen molar-refractivity contribution in [2.45, 2.75) is 0 Å². The third-order valence-electron chi connectivity index (χ3n) is 2.17. The molecule has 0 saturated heterocycles. The Balaban J connectivity index is 2.53. The molecule has 4 heteroatoms. The minimum Gasteiger partial charge on any atom is -0.478 e. The molecule has 0 heterocycles. The lowest BCUT2D eigenvalue weighted by molar-refractivity contribution is 0.366. The number of fused-ring (bicyclic) bond motifs is 1. The van der Waals surface area contributed by atoms with Gasteiger partial charge in [0.05, 0.1) is 4.47 Å². The average molecular weight is 341 g/mol. The van der Waals surface area contributed by atoms with Crippen LogP contribution in [0, 0.1) is 11.3 Å². The van der Waals surface area contributed by atoms with Gasteiger partial charge < -0.3 is 4.74 Å². The van der Waals surface area contributed by atoms with E-state index < -0.39 is 0 Å². The highest BCUT2D eigenvalue weighted by Crippen LogP contribution is 2.34. The van der Waals surface area contributed by atoms with Crippen molar-refractivity contribution in [2.75, 3.05) is 6.61 Å². The van der Waals surface area contributed by atoms with Crippen LogP contribution in [-0.4, -0.2) is 6.61 Å². The van der Waals surface area contributed by atoms with E-state index >= 15 is 0 Å². The predicted molar refractivity (Wildman–Crippen MR) is 70.5 cm³/mol. The second kappa shape index (κ2) is 4.86. The zero-order chi connectivity index (χ0) is 11.5. The molecule has 2 aromatic rings. The number of hydrogen-bond donors (Lipinski definition) is 0. The van der Waals surface area contributed by atoms with Crippen molar-refractivity contribution in [3.05, 3.63) is 39.3 Å². The van der Waals surface area contributed by atoms with E-state index in [0.717, 1.165) is 19.7 Å². The first-order valence-corrected chi connectivity index (χ1v) is 6.18. The number of benzene rings is 2. The largest absolute Gasteiger partial charge is 0.478 e. The van der Waals surface area contributed by atoms with Gasteiger partial charge in [-0.15, -0.1) is 0 Å². The highest BCUT2D eigenvalue weighted by atomic mass is 79.9. The Morgan fingerprint density at radius 2 is 2.00 bits per heavy atom. The monoisotopic (exact) mass is 339 g/mol. The molecule has 0 spiro atoms. The lowest BCUT2D eigenvalue weighted by atomic mass is 10.1.